The normalized spacial score (nSPS) is 10.7. The number of imidazole rings is 1. The van der Waals surface area contributed by atoms with E-state index in [1.807, 2.05) is 31.2 Å². The van der Waals surface area contributed by atoms with Gasteiger partial charge in [-0.05, 0) is 48.9 Å². The number of nitrogens with zero attached hydrogens (tertiary/aromatic N) is 4. The number of ether oxygens (including phenoxy) is 1. The molecule has 0 saturated heterocycles. The Labute approximate surface area is 139 Å². The Morgan fingerprint density at radius 1 is 1.21 bits per heavy atom. The van der Waals surface area contributed by atoms with Gasteiger partial charge in [-0.15, -0.1) is 0 Å². The van der Waals surface area contributed by atoms with Gasteiger partial charge in [0, 0.05) is 0 Å². The molecule has 6 heteroatoms. The van der Waals surface area contributed by atoms with Gasteiger partial charge < -0.3 is 10.5 Å². The maximum Gasteiger partial charge on any atom is 0.221 e. The second-order valence-electron chi connectivity index (χ2n) is 5.14. The third-order valence-electron chi connectivity index (χ3n) is 3.24. The molecule has 2 aromatic carbocycles. The highest BCUT2D eigenvalue weighted by Crippen LogP contribution is 2.22. The van der Waals surface area contributed by atoms with Crippen molar-refractivity contribution in [2.45, 2.75) is 6.92 Å². The van der Waals surface area contributed by atoms with Gasteiger partial charge in [-0.1, -0.05) is 12.1 Å². The van der Waals surface area contributed by atoms with Gasteiger partial charge in [0.05, 0.1) is 29.7 Å². The molecule has 0 fully saturated rings. The summed E-state index contributed by atoms with van der Waals surface area (Å²) in [5.41, 5.74) is 8.02. The second kappa shape index (κ2) is 6.67. The second-order valence-corrected chi connectivity index (χ2v) is 5.14. The molecule has 2 N–H and O–H groups in total. The van der Waals surface area contributed by atoms with Crippen LogP contribution in [0.4, 0.5) is 5.95 Å². The zero-order valence-electron chi connectivity index (χ0n) is 13.0. The van der Waals surface area contributed by atoms with Crippen LogP contribution >= 0.6 is 0 Å². The molecule has 3 rings (SSSR count). The number of rotatable bonds is 4. The third kappa shape index (κ3) is 3.59. The Balaban J connectivity index is 1.76. The lowest BCUT2D eigenvalue weighted by Crippen LogP contribution is -1.97. The van der Waals surface area contributed by atoms with Crippen LogP contribution in [0.15, 0.2) is 59.8 Å². The summed E-state index contributed by atoms with van der Waals surface area (Å²) in [4.78, 5) is 4.09. The van der Waals surface area contributed by atoms with Crippen LogP contribution in [-0.4, -0.2) is 15.9 Å². The van der Waals surface area contributed by atoms with E-state index in [0.717, 1.165) is 11.3 Å². The molecule has 0 saturated carbocycles. The molecule has 118 valence electrons. The van der Waals surface area contributed by atoms with E-state index in [0.29, 0.717) is 23.0 Å². The number of benzene rings is 2. The molecule has 24 heavy (non-hydrogen) atoms. The molecular weight excluding hydrogens is 302 g/mol. The van der Waals surface area contributed by atoms with Crippen LogP contribution in [0.1, 0.15) is 16.8 Å². The van der Waals surface area contributed by atoms with Crippen molar-refractivity contribution in [3.05, 3.63) is 71.5 Å². The van der Waals surface area contributed by atoms with Crippen molar-refractivity contribution in [1.82, 2.24) is 9.66 Å². The van der Waals surface area contributed by atoms with Crippen molar-refractivity contribution in [3.63, 3.8) is 0 Å². The molecule has 0 amide bonds. The van der Waals surface area contributed by atoms with Gasteiger partial charge >= 0.3 is 0 Å². The van der Waals surface area contributed by atoms with Gasteiger partial charge in [-0.3, -0.25) is 0 Å². The number of hydrogen-bond acceptors (Lipinski definition) is 5. The Morgan fingerprint density at radius 3 is 2.67 bits per heavy atom. The first-order valence-electron chi connectivity index (χ1n) is 7.28. The van der Waals surface area contributed by atoms with Crippen LogP contribution in [0.25, 0.3) is 0 Å². The summed E-state index contributed by atoms with van der Waals surface area (Å²) in [5.74, 6) is 1.68. The standard InChI is InChI=1S/C18H15N5O/c1-13-12-23(18(20)22-13)21-11-15-3-2-4-17(9-15)24-16-7-5-14(10-19)6-8-16/h2-9,11-12H,1H3,(H2,20,22). The summed E-state index contributed by atoms with van der Waals surface area (Å²) in [6, 6.07) is 16.5. The summed E-state index contributed by atoms with van der Waals surface area (Å²) in [5, 5.41) is 13.1. The Hall–Kier alpha value is -3.59. The first-order valence-corrected chi connectivity index (χ1v) is 7.28. The number of nitrogens with two attached hydrogens (primary N) is 1. The topological polar surface area (TPSA) is 89.2 Å². The smallest absolute Gasteiger partial charge is 0.221 e. The zero-order valence-corrected chi connectivity index (χ0v) is 13.0. The number of anilines is 1. The van der Waals surface area contributed by atoms with Crippen LogP contribution in [0.5, 0.6) is 11.5 Å². The minimum atomic E-state index is 0.341. The van der Waals surface area contributed by atoms with Gasteiger partial charge in [-0.25, -0.2) is 9.66 Å². The van der Waals surface area contributed by atoms with E-state index < -0.39 is 0 Å². The maximum absolute atomic E-state index is 8.81. The summed E-state index contributed by atoms with van der Waals surface area (Å²) in [6.45, 7) is 1.86. The van der Waals surface area contributed by atoms with Gasteiger partial charge in [0.15, 0.2) is 0 Å². The maximum atomic E-state index is 8.81. The van der Waals surface area contributed by atoms with Crippen LogP contribution in [0.3, 0.4) is 0 Å². The molecule has 1 aromatic heterocycles. The molecule has 6 nitrogen and oxygen atoms in total. The zero-order chi connectivity index (χ0) is 16.9. The number of aryl methyl sites for hydroxylation is 1. The van der Waals surface area contributed by atoms with Crippen LogP contribution in [0.2, 0.25) is 0 Å². The third-order valence-corrected chi connectivity index (χ3v) is 3.24. The number of nitrogen functional groups attached to an aromatic ring is 1. The Morgan fingerprint density at radius 2 is 2.00 bits per heavy atom. The molecule has 0 aliphatic carbocycles. The first-order chi connectivity index (χ1) is 11.6. The first kappa shape index (κ1) is 15.3. The lowest BCUT2D eigenvalue weighted by atomic mass is 10.2. The molecule has 0 atom stereocenters. The molecule has 0 bridgehead atoms. The van der Waals surface area contributed by atoms with Gasteiger partial charge in [0.2, 0.25) is 5.95 Å². The van der Waals surface area contributed by atoms with E-state index in [1.54, 1.807) is 36.7 Å². The Bertz CT molecular complexity index is 919. The van der Waals surface area contributed by atoms with Crippen molar-refractivity contribution in [3.8, 4) is 17.6 Å². The molecule has 0 aliphatic heterocycles. The quantitative estimate of drug-likeness (QED) is 0.747. The predicted octanol–water partition coefficient (Wildman–Crippen LogP) is 3.32. The van der Waals surface area contributed by atoms with Crippen LogP contribution in [-0.2, 0) is 0 Å². The molecule has 0 aliphatic rings. The highest BCUT2D eigenvalue weighted by atomic mass is 16.5. The summed E-state index contributed by atoms with van der Waals surface area (Å²) in [6.07, 6.45) is 3.44. The molecule has 0 spiro atoms. The van der Waals surface area contributed by atoms with Crippen molar-refractivity contribution < 1.29 is 4.74 Å². The van der Waals surface area contributed by atoms with Crippen LogP contribution in [0, 0.1) is 18.3 Å². The van der Waals surface area contributed by atoms with Gasteiger partial charge in [0.25, 0.3) is 0 Å². The van der Waals surface area contributed by atoms with Crippen molar-refractivity contribution in [2.24, 2.45) is 5.10 Å². The monoisotopic (exact) mass is 317 g/mol. The number of hydrogen-bond donors (Lipinski definition) is 1. The average molecular weight is 317 g/mol. The SMILES string of the molecule is Cc1cn(N=Cc2cccc(Oc3ccc(C#N)cc3)c2)c(N)n1. The van der Waals surface area contributed by atoms with E-state index in [4.69, 9.17) is 15.7 Å². The van der Waals surface area contributed by atoms with E-state index in [2.05, 4.69) is 16.2 Å². The number of aromatic nitrogens is 2. The van der Waals surface area contributed by atoms with Crippen molar-refractivity contribution >= 4 is 12.2 Å². The Kier molecular flexibility index (Phi) is 4.25. The predicted molar refractivity (Wildman–Crippen MR) is 92.0 cm³/mol. The minimum absolute atomic E-state index is 0.341. The van der Waals surface area contributed by atoms with E-state index in [-0.39, 0.29) is 0 Å². The molecule has 1 heterocycles. The summed E-state index contributed by atoms with van der Waals surface area (Å²) >= 11 is 0. The van der Waals surface area contributed by atoms with E-state index in [1.165, 1.54) is 4.68 Å². The molecule has 0 radical (unpaired) electrons. The highest BCUT2D eigenvalue weighted by molar-refractivity contribution is 5.80. The minimum Gasteiger partial charge on any atom is -0.457 e. The van der Waals surface area contributed by atoms with E-state index in [9.17, 15) is 0 Å². The fourth-order valence-corrected chi connectivity index (χ4v) is 2.12. The molecule has 0 unspecified atom stereocenters. The fraction of sp³-hybridized carbons (Fsp3) is 0.0556. The van der Waals surface area contributed by atoms with Crippen molar-refractivity contribution in [2.75, 3.05) is 5.73 Å². The van der Waals surface area contributed by atoms with Crippen LogP contribution < -0.4 is 10.5 Å². The molecule has 3 aromatic rings. The van der Waals surface area contributed by atoms with Gasteiger partial charge in [-0.2, -0.15) is 10.4 Å². The lowest BCUT2D eigenvalue weighted by Gasteiger charge is -2.06. The summed E-state index contributed by atoms with van der Waals surface area (Å²) in [7, 11) is 0. The number of nitriles is 1. The van der Waals surface area contributed by atoms with Gasteiger partial charge in [0.1, 0.15) is 11.5 Å². The lowest BCUT2D eigenvalue weighted by molar-refractivity contribution is 0.482. The van der Waals surface area contributed by atoms with E-state index >= 15 is 0 Å². The fourth-order valence-electron chi connectivity index (χ4n) is 2.12. The largest absolute Gasteiger partial charge is 0.457 e. The average Bonchev–Trinajstić information content (AvgIpc) is 2.91. The van der Waals surface area contributed by atoms with Crippen molar-refractivity contribution in [1.29, 1.82) is 5.26 Å². The molecular formula is C18H15N5O. The summed E-state index contributed by atoms with van der Waals surface area (Å²) < 4.78 is 7.30. The highest BCUT2D eigenvalue weighted by Gasteiger charge is 2.01.